The number of ketones is 1. The first-order valence-electron chi connectivity index (χ1n) is 14.5. The second-order valence-corrected chi connectivity index (χ2v) is 11.3. The van der Waals surface area contributed by atoms with Gasteiger partial charge in [0.05, 0.1) is 11.3 Å². The number of Topliss-reactive ketones (excluding diaryl/α,β-unsaturated/α-hetero) is 1. The lowest BCUT2D eigenvalue weighted by molar-refractivity contribution is -0.139. The van der Waals surface area contributed by atoms with Gasteiger partial charge in [0.25, 0.3) is 17.6 Å². The van der Waals surface area contributed by atoms with E-state index < -0.39 is 36.1 Å². The maximum Gasteiger partial charge on any atom is 0.299 e. The molecule has 3 aromatic carbocycles. The van der Waals surface area contributed by atoms with Crippen LogP contribution < -0.4 is 15.1 Å². The standard InChI is InChI=1S/C35H35N5O4/c1-23(2)25-11-13-26(14-12-25)32(34(43)37-27-15-17-28(18-16-27)38(3)4)40(21-24-8-7-19-36-20-24)31(41)22-39-30-10-6-5-9-29(30)33(42)35(39)44/h5-20,23,32H,21-22H2,1-4H3,(H,37,43)/t32-/m0/s1. The molecule has 0 unspecified atom stereocenters. The second kappa shape index (κ2) is 12.9. The molecule has 2 heterocycles. The van der Waals surface area contributed by atoms with E-state index in [2.05, 4.69) is 24.1 Å². The molecule has 4 aromatic rings. The van der Waals surface area contributed by atoms with Gasteiger partial charge in [0, 0.05) is 44.4 Å². The Labute approximate surface area is 257 Å². The van der Waals surface area contributed by atoms with Gasteiger partial charge in [0.15, 0.2) is 0 Å². The SMILES string of the molecule is CC(C)c1ccc([C@@H](C(=O)Nc2ccc(N(C)C)cc2)N(Cc2cccnc2)C(=O)CN2C(=O)C(=O)c3ccccc32)cc1. The quantitative estimate of drug-likeness (QED) is 0.255. The Bertz CT molecular complexity index is 1670. The van der Waals surface area contributed by atoms with Crippen molar-refractivity contribution in [1.82, 2.24) is 9.88 Å². The fourth-order valence-electron chi connectivity index (χ4n) is 5.23. The molecule has 1 aliphatic heterocycles. The van der Waals surface area contributed by atoms with Gasteiger partial charge in [0.1, 0.15) is 12.6 Å². The molecule has 0 aliphatic carbocycles. The van der Waals surface area contributed by atoms with E-state index in [4.69, 9.17) is 0 Å². The van der Waals surface area contributed by atoms with E-state index in [0.717, 1.165) is 11.3 Å². The van der Waals surface area contributed by atoms with Gasteiger partial charge in [0.2, 0.25) is 5.91 Å². The zero-order valence-corrected chi connectivity index (χ0v) is 25.2. The highest BCUT2D eigenvalue weighted by Crippen LogP contribution is 2.31. The lowest BCUT2D eigenvalue weighted by Crippen LogP contribution is -2.46. The van der Waals surface area contributed by atoms with Gasteiger partial charge < -0.3 is 15.1 Å². The van der Waals surface area contributed by atoms with E-state index in [1.807, 2.05) is 73.6 Å². The lowest BCUT2D eigenvalue weighted by atomic mass is 9.97. The topological polar surface area (TPSA) is 103 Å². The van der Waals surface area contributed by atoms with Gasteiger partial charge in [-0.1, -0.05) is 56.3 Å². The van der Waals surface area contributed by atoms with Crippen molar-refractivity contribution in [2.45, 2.75) is 32.4 Å². The maximum atomic E-state index is 14.2. The summed E-state index contributed by atoms with van der Waals surface area (Å²) in [6.45, 7) is 3.81. The molecular formula is C35H35N5O4. The molecule has 0 radical (unpaired) electrons. The number of hydrogen-bond acceptors (Lipinski definition) is 6. The first-order chi connectivity index (χ1) is 21.1. The van der Waals surface area contributed by atoms with Crippen LogP contribution in [0.3, 0.4) is 0 Å². The Balaban J connectivity index is 1.54. The summed E-state index contributed by atoms with van der Waals surface area (Å²) in [6, 6.07) is 24.2. The Morgan fingerprint density at radius 2 is 1.55 bits per heavy atom. The fraction of sp³-hybridized carbons (Fsp3) is 0.229. The summed E-state index contributed by atoms with van der Waals surface area (Å²) in [5, 5.41) is 2.99. The summed E-state index contributed by atoms with van der Waals surface area (Å²) in [5.41, 5.74) is 4.59. The highest BCUT2D eigenvalue weighted by molar-refractivity contribution is 6.52. The molecule has 0 spiro atoms. The van der Waals surface area contributed by atoms with Gasteiger partial charge in [-0.25, -0.2) is 0 Å². The van der Waals surface area contributed by atoms with Crippen LogP contribution in [0, 0.1) is 0 Å². The van der Waals surface area contributed by atoms with E-state index in [1.54, 1.807) is 42.7 Å². The summed E-state index contributed by atoms with van der Waals surface area (Å²) in [4.78, 5) is 62.9. The normalized spacial score (nSPS) is 13.1. The molecule has 9 nitrogen and oxygen atoms in total. The predicted octanol–water partition coefficient (Wildman–Crippen LogP) is 5.21. The Kier molecular flexibility index (Phi) is 8.85. The molecule has 224 valence electrons. The van der Waals surface area contributed by atoms with Crippen LogP contribution in [-0.4, -0.2) is 54.0 Å². The molecular weight excluding hydrogens is 554 g/mol. The highest BCUT2D eigenvalue weighted by Gasteiger charge is 2.39. The number of benzene rings is 3. The summed E-state index contributed by atoms with van der Waals surface area (Å²) < 4.78 is 0. The number of nitrogens with zero attached hydrogens (tertiary/aromatic N) is 4. The molecule has 0 fully saturated rings. The third-order valence-electron chi connectivity index (χ3n) is 7.70. The molecule has 1 N–H and O–H groups in total. The van der Waals surface area contributed by atoms with Crippen LogP contribution in [0.1, 0.15) is 52.9 Å². The van der Waals surface area contributed by atoms with E-state index in [-0.39, 0.29) is 18.0 Å². The van der Waals surface area contributed by atoms with Crippen LogP contribution in [0.5, 0.6) is 0 Å². The van der Waals surface area contributed by atoms with Crippen LogP contribution in [0.15, 0.2) is 97.3 Å². The van der Waals surface area contributed by atoms with Crippen molar-refractivity contribution in [3.63, 3.8) is 0 Å². The first-order valence-corrected chi connectivity index (χ1v) is 14.5. The monoisotopic (exact) mass is 589 g/mol. The lowest BCUT2D eigenvalue weighted by Gasteiger charge is -2.33. The average Bonchev–Trinajstić information content (AvgIpc) is 3.26. The van der Waals surface area contributed by atoms with Gasteiger partial charge >= 0.3 is 0 Å². The minimum Gasteiger partial charge on any atom is -0.378 e. The van der Waals surface area contributed by atoms with Gasteiger partial charge in [-0.15, -0.1) is 0 Å². The molecule has 1 aliphatic rings. The summed E-state index contributed by atoms with van der Waals surface area (Å²) in [6.07, 6.45) is 3.27. The number of rotatable bonds is 10. The first kappa shape index (κ1) is 30.2. The smallest absolute Gasteiger partial charge is 0.299 e. The van der Waals surface area contributed by atoms with E-state index in [0.29, 0.717) is 22.5 Å². The van der Waals surface area contributed by atoms with Crippen molar-refractivity contribution in [3.8, 4) is 0 Å². The van der Waals surface area contributed by atoms with Crippen molar-refractivity contribution in [2.75, 3.05) is 35.8 Å². The largest absolute Gasteiger partial charge is 0.378 e. The van der Waals surface area contributed by atoms with Gasteiger partial charge in [-0.2, -0.15) is 0 Å². The number of nitrogens with one attached hydrogen (secondary N) is 1. The number of carbonyl (C=O) groups is 4. The Hall–Kier alpha value is -5.31. The number of pyridine rings is 1. The minimum atomic E-state index is -1.05. The van der Waals surface area contributed by atoms with Crippen molar-refractivity contribution in [3.05, 3.63) is 120 Å². The molecule has 1 aromatic heterocycles. The van der Waals surface area contributed by atoms with Crippen LogP contribution in [0.4, 0.5) is 17.1 Å². The molecule has 9 heteroatoms. The van der Waals surface area contributed by atoms with E-state index in [9.17, 15) is 19.2 Å². The minimum absolute atomic E-state index is 0.0495. The van der Waals surface area contributed by atoms with Crippen molar-refractivity contribution in [2.24, 2.45) is 0 Å². The number of para-hydroxylation sites is 1. The van der Waals surface area contributed by atoms with Crippen molar-refractivity contribution >= 4 is 40.6 Å². The Morgan fingerprint density at radius 1 is 0.864 bits per heavy atom. The number of carbonyl (C=O) groups excluding carboxylic acids is 4. The molecule has 0 saturated heterocycles. The average molecular weight is 590 g/mol. The molecule has 44 heavy (non-hydrogen) atoms. The van der Waals surface area contributed by atoms with Gasteiger partial charge in [-0.3, -0.25) is 29.1 Å². The fourth-order valence-corrected chi connectivity index (χ4v) is 5.23. The molecule has 0 bridgehead atoms. The molecule has 3 amide bonds. The van der Waals surface area contributed by atoms with E-state index >= 15 is 0 Å². The predicted molar refractivity (Wildman–Crippen MR) is 171 cm³/mol. The van der Waals surface area contributed by atoms with Gasteiger partial charge in [-0.05, 0) is 65.1 Å². The third-order valence-corrected chi connectivity index (χ3v) is 7.70. The summed E-state index contributed by atoms with van der Waals surface area (Å²) in [5.74, 6) is -2.07. The molecule has 5 rings (SSSR count). The zero-order chi connectivity index (χ0) is 31.4. The molecule has 0 saturated carbocycles. The van der Waals surface area contributed by atoms with Crippen LogP contribution in [0.25, 0.3) is 0 Å². The number of amides is 3. The number of fused-ring (bicyclic) bond motifs is 1. The number of aromatic nitrogens is 1. The van der Waals surface area contributed by atoms with Crippen molar-refractivity contribution in [1.29, 1.82) is 0 Å². The van der Waals surface area contributed by atoms with Crippen molar-refractivity contribution < 1.29 is 19.2 Å². The second-order valence-electron chi connectivity index (χ2n) is 11.3. The van der Waals surface area contributed by atoms with Crippen LogP contribution >= 0.6 is 0 Å². The number of hydrogen-bond donors (Lipinski definition) is 1. The summed E-state index contributed by atoms with van der Waals surface area (Å²) >= 11 is 0. The van der Waals surface area contributed by atoms with Crippen LogP contribution in [0.2, 0.25) is 0 Å². The molecule has 1 atom stereocenters. The van der Waals surface area contributed by atoms with Crippen LogP contribution in [-0.2, 0) is 20.9 Å². The highest BCUT2D eigenvalue weighted by atomic mass is 16.2. The third kappa shape index (κ3) is 6.36. The number of anilines is 3. The van der Waals surface area contributed by atoms with E-state index in [1.165, 1.54) is 9.80 Å². The Morgan fingerprint density at radius 3 is 2.18 bits per heavy atom. The maximum absolute atomic E-state index is 14.2. The summed E-state index contributed by atoms with van der Waals surface area (Å²) in [7, 11) is 3.87. The zero-order valence-electron chi connectivity index (χ0n) is 25.2.